The van der Waals surface area contributed by atoms with E-state index in [9.17, 15) is 0 Å². The van der Waals surface area contributed by atoms with Crippen LogP contribution < -0.4 is 0 Å². The number of hydrogen-bond donors (Lipinski definition) is 0. The first-order valence-electron chi connectivity index (χ1n) is 5.01. The van der Waals surface area contributed by atoms with Crippen LogP contribution in [0.15, 0.2) is 0 Å². The molecule has 74 valence electrons. The molecule has 12 heavy (non-hydrogen) atoms. The largest absolute Gasteiger partial charge is 0.0891 e. The van der Waals surface area contributed by atoms with Gasteiger partial charge in [0.25, 0.3) is 0 Å². The standard InChI is InChI=1S/C11H23Br/c1-6-10(9(2)12)7-8-11(3,4)5/h9-10H,6-8H2,1-5H3. The summed E-state index contributed by atoms with van der Waals surface area (Å²) >= 11 is 3.67. The van der Waals surface area contributed by atoms with Crippen LogP contribution in [0.4, 0.5) is 0 Å². The lowest BCUT2D eigenvalue weighted by molar-refractivity contribution is 0.317. The molecule has 0 saturated heterocycles. The van der Waals surface area contributed by atoms with E-state index in [1.54, 1.807) is 0 Å². The second-order valence-electron chi connectivity index (χ2n) is 4.95. The zero-order valence-corrected chi connectivity index (χ0v) is 10.7. The minimum Gasteiger partial charge on any atom is -0.0891 e. The summed E-state index contributed by atoms with van der Waals surface area (Å²) in [5, 5.41) is 0. The molecule has 0 amide bonds. The molecule has 0 aliphatic rings. The van der Waals surface area contributed by atoms with E-state index in [0.717, 1.165) is 5.92 Å². The fourth-order valence-corrected chi connectivity index (χ4v) is 2.02. The van der Waals surface area contributed by atoms with Crippen LogP contribution >= 0.6 is 15.9 Å². The van der Waals surface area contributed by atoms with E-state index in [1.165, 1.54) is 19.3 Å². The van der Waals surface area contributed by atoms with E-state index in [0.29, 0.717) is 10.2 Å². The Balaban J connectivity index is 3.73. The van der Waals surface area contributed by atoms with Crippen LogP contribution in [0.3, 0.4) is 0 Å². The summed E-state index contributed by atoms with van der Waals surface area (Å²) in [5.41, 5.74) is 0.495. The fraction of sp³-hybridized carbons (Fsp3) is 1.00. The molecular formula is C11H23Br. The fourth-order valence-electron chi connectivity index (χ4n) is 1.38. The summed E-state index contributed by atoms with van der Waals surface area (Å²) in [4.78, 5) is 0.671. The maximum atomic E-state index is 3.67. The highest BCUT2D eigenvalue weighted by Crippen LogP contribution is 2.28. The SMILES string of the molecule is CCC(CCC(C)(C)C)C(C)Br. The third kappa shape index (κ3) is 6.05. The summed E-state index contributed by atoms with van der Waals surface area (Å²) in [5.74, 6) is 0.851. The van der Waals surface area contributed by atoms with Crippen molar-refractivity contribution in [2.45, 2.75) is 58.7 Å². The maximum absolute atomic E-state index is 3.67. The van der Waals surface area contributed by atoms with Gasteiger partial charge in [-0.2, -0.15) is 0 Å². The molecule has 0 rings (SSSR count). The Morgan fingerprint density at radius 3 is 2.00 bits per heavy atom. The molecule has 1 heteroatoms. The van der Waals surface area contributed by atoms with Crippen LogP contribution in [0.5, 0.6) is 0 Å². The number of rotatable bonds is 4. The van der Waals surface area contributed by atoms with Gasteiger partial charge in [0, 0.05) is 4.83 Å². The Bertz CT molecular complexity index is 111. The summed E-state index contributed by atoms with van der Waals surface area (Å²) in [7, 11) is 0. The van der Waals surface area contributed by atoms with Crippen molar-refractivity contribution in [3.8, 4) is 0 Å². The molecule has 0 radical (unpaired) electrons. The molecule has 0 fully saturated rings. The zero-order valence-electron chi connectivity index (χ0n) is 9.15. The van der Waals surface area contributed by atoms with Gasteiger partial charge in [-0.15, -0.1) is 0 Å². The number of alkyl halides is 1. The molecule has 0 spiro atoms. The summed E-state index contributed by atoms with van der Waals surface area (Å²) in [6.45, 7) is 11.5. The lowest BCUT2D eigenvalue weighted by Gasteiger charge is -2.23. The molecule has 0 aromatic heterocycles. The van der Waals surface area contributed by atoms with Gasteiger partial charge in [-0.05, 0) is 24.2 Å². The van der Waals surface area contributed by atoms with Crippen LogP contribution in [-0.2, 0) is 0 Å². The van der Waals surface area contributed by atoms with E-state index >= 15 is 0 Å². The van der Waals surface area contributed by atoms with Crippen molar-refractivity contribution in [3.05, 3.63) is 0 Å². The molecule has 0 heterocycles. The van der Waals surface area contributed by atoms with Crippen molar-refractivity contribution in [2.75, 3.05) is 0 Å². The van der Waals surface area contributed by atoms with Gasteiger partial charge in [0.15, 0.2) is 0 Å². The minimum absolute atomic E-state index is 0.495. The third-order valence-electron chi connectivity index (χ3n) is 2.44. The maximum Gasteiger partial charge on any atom is 0.0145 e. The molecule has 0 aliphatic heterocycles. The molecular weight excluding hydrogens is 212 g/mol. The molecule has 0 nitrogen and oxygen atoms in total. The van der Waals surface area contributed by atoms with Gasteiger partial charge in [0.05, 0.1) is 0 Å². The first-order chi connectivity index (χ1) is 5.37. The molecule has 0 aromatic carbocycles. The van der Waals surface area contributed by atoms with Crippen molar-refractivity contribution in [1.29, 1.82) is 0 Å². The normalized spacial score (nSPS) is 17.5. The molecule has 0 aliphatic carbocycles. The van der Waals surface area contributed by atoms with E-state index in [2.05, 4.69) is 50.5 Å². The summed E-state index contributed by atoms with van der Waals surface area (Å²) in [6.07, 6.45) is 3.98. The van der Waals surface area contributed by atoms with Gasteiger partial charge in [0.2, 0.25) is 0 Å². The zero-order chi connectivity index (χ0) is 9.78. The van der Waals surface area contributed by atoms with Crippen LogP contribution in [0.2, 0.25) is 0 Å². The highest BCUT2D eigenvalue weighted by molar-refractivity contribution is 9.09. The van der Waals surface area contributed by atoms with Crippen molar-refractivity contribution < 1.29 is 0 Å². The van der Waals surface area contributed by atoms with Gasteiger partial charge in [-0.25, -0.2) is 0 Å². The van der Waals surface area contributed by atoms with Gasteiger partial charge >= 0.3 is 0 Å². The lowest BCUT2D eigenvalue weighted by Crippen LogP contribution is -2.14. The third-order valence-corrected chi connectivity index (χ3v) is 3.19. The highest BCUT2D eigenvalue weighted by Gasteiger charge is 2.16. The Kier molecular flexibility index (Phi) is 5.47. The van der Waals surface area contributed by atoms with Gasteiger partial charge in [-0.3, -0.25) is 0 Å². The molecule has 2 atom stereocenters. The Hall–Kier alpha value is 0.480. The molecule has 0 N–H and O–H groups in total. The Morgan fingerprint density at radius 1 is 1.25 bits per heavy atom. The Labute approximate surface area is 86.3 Å². The first kappa shape index (κ1) is 12.5. The Morgan fingerprint density at radius 2 is 1.75 bits per heavy atom. The van der Waals surface area contributed by atoms with Crippen LogP contribution in [0.1, 0.15) is 53.9 Å². The van der Waals surface area contributed by atoms with Gasteiger partial charge in [-0.1, -0.05) is 57.0 Å². The van der Waals surface area contributed by atoms with E-state index in [4.69, 9.17) is 0 Å². The van der Waals surface area contributed by atoms with Crippen molar-refractivity contribution in [3.63, 3.8) is 0 Å². The van der Waals surface area contributed by atoms with Crippen LogP contribution in [-0.4, -0.2) is 4.83 Å². The quantitative estimate of drug-likeness (QED) is 0.623. The molecule has 0 bridgehead atoms. The molecule has 2 unspecified atom stereocenters. The number of hydrogen-bond acceptors (Lipinski definition) is 0. The molecule has 0 saturated carbocycles. The van der Waals surface area contributed by atoms with Gasteiger partial charge in [0.1, 0.15) is 0 Å². The second kappa shape index (κ2) is 5.26. The van der Waals surface area contributed by atoms with Crippen LogP contribution in [0, 0.1) is 11.3 Å². The lowest BCUT2D eigenvalue weighted by atomic mass is 9.85. The van der Waals surface area contributed by atoms with E-state index < -0.39 is 0 Å². The van der Waals surface area contributed by atoms with E-state index in [1.807, 2.05) is 0 Å². The number of halogens is 1. The molecule has 0 aromatic rings. The van der Waals surface area contributed by atoms with E-state index in [-0.39, 0.29) is 0 Å². The topological polar surface area (TPSA) is 0 Å². The van der Waals surface area contributed by atoms with Crippen LogP contribution in [0.25, 0.3) is 0 Å². The predicted octanol–water partition coefficient (Wildman–Crippen LogP) is 4.62. The minimum atomic E-state index is 0.495. The predicted molar refractivity (Wildman–Crippen MR) is 60.9 cm³/mol. The first-order valence-corrected chi connectivity index (χ1v) is 5.92. The smallest absolute Gasteiger partial charge is 0.0145 e. The highest BCUT2D eigenvalue weighted by atomic mass is 79.9. The van der Waals surface area contributed by atoms with Crippen molar-refractivity contribution in [2.24, 2.45) is 11.3 Å². The second-order valence-corrected chi connectivity index (χ2v) is 6.39. The monoisotopic (exact) mass is 234 g/mol. The summed E-state index contributed by atoms with van der Waals surface area (Å²) in [6, 6.07) is 0. The average molecular weight is 235 g/mol. The van der Waals surface area contributed by atoms with Crippen molar-refractivity contribution >= 4 is 15.9 Å². The van der Waals surface area contributed by atoms with Crippen molar-refractivity contribution in [1.82, 2.24) is 0 Å². The average Bonchev–Trinajstić information content (AvgIpc) is 1.85. The summed E-state index contributed by atoms with van der Waals surface area (Å²) < 4.78 is 0. The van der Waals surface area contributed by atoms with Gasteiger partial charge < -0.3 is 0 Å².